The van der Waals surface area contributed by atoms with E-state index in [4.69, 9.17) is 16.7 Å². The van der Waals surface area contributed by atoms with E-state index in [0.717, 1.165) is 10.1 Å². The molecule has 2 aromatic heterocycles. The summed E-state index contributed by atoms with van der Waals surface area (Å²) in [5.74, 6) is 0.311. The summed E-state index contributed by atoms with van der Waals surface area (Å²) >= 11 is 5.93. The minimum atomic E-state index is -0.986. The van der Waals surface area contributed by atoms with Crippen LogP contribution >= 0.6 is 11.6 Å². The van der Waals surface area contributed by atoms with Crippen LogP contribution in [0.2, 0.25) is 5.02 Å². The Morgan fingerprint density at radius 1 is 1.19 bits per heavy atom. The van der Waals surface area contributed by atoms with Crippen molar-refractivity contribution in [2.24, 2.45) is 14.1 Å². The van der Waals surface area contributed by atoms with Crippen molar-refractivity contribution in [3.8, 4) is 0 Å². The number of halogens is 1. The van der Waals surface area contributed by atoms with Crippen LogP contribution in [0, 0.1) is 0 Å². The first-order chi connectivity index (χ1) is 12.8. The maximum Gasteiger partial charge on any atom is 0.332 e. The summed E-state index contributed by atoms with van der Waals surface area (Å²) in [4.78, 5) is 29.3. The highest BCUT2D eigenvalue weighted by Crippen LogP contribution is 2.19. The maximum absolute atomic E-state index is 12.7. The van der Waals surface area contributed by atoms with Gasteiger partial charge in [-0.05, 0) is 17.7 Å². The SMILES string of the molecule is Cn1c(=O)c2c(nc(NCC(O)CO)n2Cc2ccc(Cl)cc2)n(C)c1=O. The number of aryl methyl sites for hydroxylation is 1. The quantitative estimate of drug-likeness (QED) is 0.539. The Morgan fingerprint density at radius 2 is 1.85 bits per heavy atom. The Balaban J connectivity index is 2.18. The van der Waals surface area contributed by atoms with E-state index in [0.29, 0.717) is 17.5 Å². The monoisotopic (exact) mass is 393 g/mol. The highest BCUT2D eigenvalue weighted by molar-refractivity contribution is 6.30. The molecule has 27 heavy (non-hydrogen) atoms. The van der Waals surface area contributed by atoms with Crippen molar-refractivity contribution < 1.29 is 10.2 Å². The Kier molecular flexibility index (Phi) is 5.36. The van der Waals surface area contributed by atoms with Gasteiger partial charge in [-0.3, -0.25) is 18.5 Å². The van der Waals surface area contributed by atoms with E-state index in [1.54, 1.807) is 16.7 Å². The van der Waals surface area contributed by atoms with Gasteiger partial charge in [-0.15, -0.1) is 0 Å². The molecule has 0 bridgehead atoms. The highest BCUT2D eigenvalue weighted by atomic mass is 35.5. The fraction of sp³-hybridized carbons (Fsp3) is 0.353. The second kappa shape index (κ2) is 7.55. The molecule has 0 radical (unpaired) electrons. The number of hydrogen-bond acceptors (Lipinski definition) is 6. The molecule has 3 aromatic rings. The van der Waals surface area contributed by atoms with Gasteiger partial charge in [-0.2, -0.15) is 4.98 Å². The molecule has 10 heteroatoms. The van der Waals surface area contributed by atoms with E-state index in [1.807, 2.05) is 12.1 Å². The lowest BCUT2D eigenvalue weighted by molar-refractivity contribution is 0.105. The van der Waals surface area contributed by atoms with E-state index in [-0.39, 0.29) is 17.7 Å². The minimum Gasteiger partial charge on any atom is -0.394 e. The van der Waals surface area contributed by atoms with Gasteiger partial charge in [-0.1, -0.05) is 23.7 Å². The zero-order chi connectivity index (χ0) is 19.7. The van der Waals surface area contributed by atoms with Gasteiger partial charge in [-0.25, -0.2) is 4.79 Å². The molecule has 0 aliphatic rings. The number of anilines is 1. The van der Waals surface area contributed by atoms with Crippen molar-refractivity contribution in [2.45, 2.75) is 12.6 Å². The van der Waals surface area contributed by atoms with Gasteiger partial charge in [0.25, 0.3) is 5.56 Å². The molecule has 1 atom stereocenters. The summed E-state index contributed by atoms with van der Waals surface area (Å²) in [6.07, 6.45) is -0.986. The third kappa shape index (κ3) is 3.61. The third-order valence-corrected chi connectivity index (χ3v) is 4.56. The summed E-state index contributed by atoms with van der Waals surface area (Å²) in [7, 11) is 2.95. The van der Waals surface area contributed by atoms with Crippen molar-refractivity contribution in [1.29, 1.82) is 0 Å². The number of nitrogens with one attached hydrogen (secondary N) is 1. The third-order valence-electron chi connectivity index (χ3n) is 4.31. The van der Waals surface area contributed by atoms with Gasteiger partial charge in [0.1, 0.15) is 0 Å². The van der Waals surface area contributed by atoms with Crippen molar-refractivity contribution in [1.82, 2.24) is 18.7 Å². The average Bonchev–Trinajstić information content (AvgIpc) is 3.02. The summed E-state index contributed by atoms with van der Waals surface area (Å²) in [6.45, 7) is -0.0714. The predicted molar refractivity (Wildman–Crippen MR) is 102 cm³/mol. The molecular formula is C17H20ClN5O4. The van der Waals surface area contributed by atoms with Gasteiger partial charge in [0, 0.05) is 25.7 Å². The molecule has 0 saturated heterocycles. The molecule has 0 spiro atoms. The number of aliphatic hydroxyl groups excluding tert-OH is 2. The molecule has 3 rings (SSSR count). The largest absolute Gasteiger partial charge is 0.394 e. The van der Waals surface area contributed by atoms with E-state index >= 15 is 0 Å². The van der Waals surface area contributed by atoms with Gasteiger partial charge < -0.3 is 15.5 Å². The molecule has 0 saturated carbocycles. The van der Waals surface area contributed by atoms with E-state index < -0.39 is 24.0 Å². The molecule has 144 valence electrons. The minimum absolute atomic E-state index is 0.0364. The van der Waals surface area contributed by atoms with Gasteiger partial charge in [0.05, 0.1) is 19.3 Å². The maximum atomic E-state index is 12.7. The number of nitrogens with zero attached hydrogens (tertiary/aromatic N) is 4. The lowest BCUT2D eigenvalue weighted by atomic mass is 10.2. The average molecular weight is 394 g/mol. The van der Waals surface area contributed by atoms with E-state index in [9.17, 15) is 14.7 Å². The van der Waals surface area contributed by atoms with Crippen molar-refractivity contribution in [3.05, 3.63) is 55.7 Å². The van der Waals surface area contributed by atoms with Gasteiger partial charge in [0.15, 0.2) is 11.2 Å². The predicted octanol–water partition coefficient (Wildman–Crippen LogP) is -0.0995. The first-order valence-electron chi connectivity index (χ1n) is 8.27. The molecule has 0 amide bonds. The lowest BCUT2D eigenvalue weighted by Crippen LogP contribution is -2.37. The molecule has 1 aromatic carbocycles. The zero-order valence-electron chi connectivity index (χ0n) is 14.9. The summed E-state index contributed by atoms with van der Waals surface area (Å²) in [5, 5.41) is 22.2. The molecule has 0 aliphatic heterocycles. The Bertz CT molecular complexity index is 1080. The smallest absolute Gasteiger partial charge is 0.332 e. The number of imidazole rings is 1. The Hall–Kier alpha value is -2.62. The number of benzene rings is 1. The number of aliphatic hydroxyl groups is 2. The zero-order valence-corrected chi connectivity index (χ0v) is 15.6. The van der Waals surface area contributed by atoms with Crippen LogP contribution in [0.5, 0.6) is 0 Å². The van der Waals surface area contributed by atoms with Crippen LogP contribution in [0.25, 0.3) is 11.2 Å². The lowest BCUT2D eigenvalue weighted by Gasteiger charge is -2.13. The van der Waals surface area contributed by atoms with Crippen LogP contribution in [-0.2, 0) is 20.6 Å². The number of aromatic nitrogens is 4. The fourth-order valence-electron chi connectivity index (χ4n) is 2.78. The highest BCUT2D eigenvalue weighted by Gasteiger charge is 2.19. The van der Waals surface area contributed by atoms with E-state index in [1.165, 1.54) is 18.7 Å². The number of rotatable bonds is 6. The molecule has 1 unspecified atom stereocenters. The molecule has 0 aliphatic carbocycles. The second-order valence-corrected chi connectivity index (χ2v) is 6.68. The van der Waals surface area contributed by atoms with Crippen LogP contribution in [-0.4, -0.2) is 48.2 Å². The van der Waals surface area contributed by atoms with Crippen LogP contribution < -0.4 is 16.6 Å². The van der Waals surface area contributed by atoms with Crippen molar-refractivity contribution >= 4 is 28.7 Å². The molecule has 9 nitrogen and oxygen atoms in total. The normalized spacial score (nSPS) is 12.5. The standard InChI is InChI=1S/C17H20ClN5O4/c1-21-14-13(15(26)22(2)17(21)27)23(8-10-3-5-11(18)6-4-10)16(20-14)19-7-12(25)9-24/h3-6,12,24-25H,7-9H2,1-2H3,(H,19,20). The molecule has 3 N–H and O–H groups in total. The van der Waals surface area contributed by atoms with Crippen molar-refractivity contribution in [3.63, 3.8) is 0 Å². The first kappa shape index (κ1) is 19.2. The van der Waals surface area contributed by atoms with Crippen LogP contribution in [0.1, 0.15) is 5.56 Å². The van der Waals surface area contributed by atoms with Crippen LogP contribution in [0.15, 0.2) is 33.9 Å². The fourth-order valence-corrected chi connectivity index (χ4v) is 2.91. The van der Waals surface area contributed by atoms with E-state index in [2.05, 4.69) is 10.3 Å². The second-order valence-electron chi connectivity index (χ2n) is 6.24. The first-order valence-corrected chi connectivity index (χ1v) is 8.64. The topological polar surface area (TPSA) is 114 Å². The molecule has 0 fully saturated rings. The van der Waals surface area contributed by atoms with Crippen molar-refractivity contribution in [2.75, 3.05) is 18.5 Å². The Morgan fingerprint density at radius 3 is 2.48 bits per heavy atom. The van der Waals surface area contributed by atoms with Crippen LogP contribution in [0.3, 0.4) is 0 Å². The number of fused-ring (bicyclic) bond motifs is 1. The molecular weight excluding hydrogens is 374 g/mol. The van der Waals surface area contributed by atoms with Crippen LogP contribution in [0.4, 0.5) is 5.95 Å². The summed E-state index contributed by atoms with van der Waals surface area (Å²) in [5.41, 5.74) is 0.421. The van der Waals surface area contributed by atoms with Gasteiger partial charge >= 0.3 is 5.69 Å². The van der Waals surface area contributed by atoms with Gasteiger partial charge in [0.2, 0.25) is 5.95 Å². The molecule has 2 heterocycles. The summed E-state index contributed by atoms with van der Waals surface area (Å²) in [6, 6.07) is 7.14. The Labute approximate surface area is 159 Å². The summed E-state index contributed by atoms with van der Waals surface area (Å²) < 4.78 is 3.96. The number of hydrogen-bond donors (Lipinski definition) is 3.